The van der Waals surface area contributed by atoms with Crippen molar-refractivity contribution in [1.82, 2.24) is 15.2 Å². The summed E-state index contributed by atoms with van der Waals surface area (Å²) < 4.78 is 5.44. The molecule has 2 heterocycles. The van der Waals surface area contributed by atoms with E-state index in [1.165, 1.54) is 0 Å². The van der Waals surface area contributed by atoms with Crippen LogP contribution in [0.2, 0.25) is 0 Å². The maximum atomic E-state index is 11.2. The first-order chi connectivity index (χ1) is 12.1. The first-order valence-electron chi connectivity index (χ1n) is 9.01. The van der Waals surface area contributed by atoms with Crippen molar-refractivity contribution in [2.75, 3.05) is 26.2 Å². The first kappa shape index (κ1) is 19.0. The van der Waals surface area contributed by atoms with Crippen molar-refractivity contribution in [3.8, 4) is 5.88 Å². The molecule has 1 aliphatic heterocycles. The summed E-state index contributed by atoms with van der Waals surface area (Å²) in [6.07, 6.45) is 4.28. The Hall–Kier alpha value is -2.31. The highest BCUT2D eigenvalue weighted by Gasteiger charge is 2.23. The third-order valence-corrected chi connectivity index (χ3v) is 4.15. The molecule has 1 amide bonds. The van der Waals surface area contributed by atoms with Crippen LogP contribution in [0.15, 0.2) is 23.3 Å². The lowest BCUT2D eigenvalue weighted by atomic mass is 9.95. The smallest absolute Gasteiger partial charge is 0.217 e. The van der Waals surface area contributed by atoms with Crippen molar-refractivity contribution in [3.05, 3.63) is 23.9 Å². The number of nitrogens with zero attached hydrogens (tertiary/aromatic N) is 3. The molecule has 1 fully saturated rings. The maximum Gasteiger partial charge on any atom is 0.217 e. The second-order valence-electron chi connectivity index (χ2n) is 6.23. The van der Waals surface area contributed by atoms with Gasteiger partial charge in [0, 0.05) is 38.3 Å². The molecule has 1 atom stereocenters. The number of amides is 1. The highest BCUT2D eigenvalue weighted by Crippen LogP contribution is 2.19. The molecule has 7 heteroatoms. The standard InChI is InChI=1S/C18H29N5O2/c1-3-20-18(23-9-5-6-15(13-23)10-16(19)24)22-12-14-7-8-21-17(11-14)25-4-2/h7-8,11,15H,3-6,9-10,12-13H2,1-2H3,(H2,19,24)(H,20,22). The number of rotatable bonds is 7. The SMILES string of the molecule is CCNC(=NCc1ccnc(OCC)c1)N1CCCC(CC(N)=O)C1. The lowest BCUT2D eigenvalue weighted by molar-refractivity contribution is -0.119. The normalized spacial score (nSPS) is 18.1. The van der Waals surface area contributed by atoms with Gasteiger partial charge in [-0.2, -0.15) is 0 Å². The van der Waals surface area contributed by atoms with Crippen molar-refractivity contribution in [2.45, 2.75) is 39.7 Å². The van der Waals surface area contributed by atoms with Gasteiger partial charge in [0.1, 0.15) is 0 Å². The number of hydrogen-bond donors (Lipinski definition) is 2. The summed E-state index contributed by atoms with van der Waals surface area (Å²) in [4.78, 5) is 22.4. The van der Waals surface area contributed by atoms with Crippen molar-refractivity contribution < 1.29 is 9.53 Å². The predicted molar refractivity (Wildman–Crippen MR) is 98.3 cm³/mol. The maximum absolute atomic E-state index is 11.2. The average molecular weight is 347 g/mol. The van der Waals surface area contributed by atoms with Gasteiger partial charge in [0.25, 0.3) is 0 Å². The number of pyridine rings is 1. The minimum atomic E-state index is -0.228. The Labute approximate surface area is 149 Å². The Balaban J connectivity index is 2.04. The molecule has 0 spiro atoms. The molecule has 138 valence electrons. The Kier molecular flexibility index (Phi) is 7.50. The van der Waals surface area contributed by atoms with Gasteiger partial charge in [-0.05, 0) is 44.2 Å². The molecule has 0 bridgehead atoms. The number of carbonyl (C=O) groups is 1. The van der Waals surface area contributed by atoms with Crippen molar-refractivity contribution >= 4 is 11.9 Å². The first-order valence-corrected chi connectivity index (χ1v) is 9.01. The molecule has 7 nitrogen and oxygen atoms in total. The topological polar surface area (TPSA) is 92.8 Å². The van der Waals surface area contributed by atoms with E-state index in [0.29, 0.717) is 31.4 Å². The number of primary amides is 1. The predicted octanol–water partition coefficient (Wildman–Crippen LogP) is 1.53. The summed E-state index contributed by atoms with van der Waals surface area (Å²) in [5, 5.41) is 3.35. The Morgan fingerprint density at radius 3 is 3.08 bits per heavy atom. The van der Waals surface area contributed by atoms with Crippen LogP contribution in [0, 0.1) is 5.92 Å². The van der Waals surface area contributed by atoms with Crippen LogP contribution < -0.4 is 15.8 Å². The molecule has 1 unspecified atom stereocenters. The zero-order valence-electron chi connectivity index (χ0n) is 15.2. The summed E-state index contributed by atoms with van der Waals surface area (Å²) in [6, 6.07) is 3.87. The molecule has 0 saturated carbocycles. The largest absolute Gasteiger partial charge is 0.478 e. The van der Waals surface area contributed by atoms with Gasteiger partial charge in [0.15, 0.2) is 5.96 Å². The van der Waals surface area contributed by atoms with E-state index in [2.05, 4.69) is 22.1 Å². The van der Waals surface area contributed by atoms with Crippen LogP contribution in [0.5, 0.6) is 5.88 Å². The summed E-state index contributed by atoms with van der Waals surface area (Å²) in [6.45, 7) is 7.71. The van der Waals surface area contributed by atoms with Crippen LogP contribution in [-0.4, -0.2) is 48.0 Å². The van der Waals surface area contributed by atoms with Crippen molar-refractivity contribution in [3.63, 3.8) is 0 Å². The summed E-state index contributed by atoms with van der Waals surface area (Å²) >= 11 is 0. The Morgan fingerprint density at radius 2 is 2.36 bits per heavy atom. The molecule has 1 saturated heterocycles. The number of guanidine groups is 1. The van der Waals surface area contributed by atoms with E-state index in [1.54, 1.807) is 6.20 Å². The number of nitrogens with one attached hydrogen (secondary N) is 1. The van der Waals surface area contributed by atoms with Crippen LogP contribution in [0.25, 0.3) is 0 Å². The number of ether oxygens (including phenoxy) is 1. The van der Waals surface area contributed by atoms with Gasteiger partial charge in [-0.3, -0.25) is 4.79 Å². The quantitative estimate of drug-likeness (QED) is 0.576. The molecule has 1 aromatic heterocycles. The number of piperidine rings is 1. The fourth-order valence-corrected chi connectivity index (χ4v) is 3.08. The van der Waals surface area contributed by atoms with E-state index in [4.69, 9.17) is 15.5 Å². The monoisotopic (exact) mass is 347 g/mol. The van der Waals surface area contributed by atoms with E-state index in [1.807, 2.05) is 19.1 Å². The summed E-state index contributed by atoms with van der Waals surface area (Å²) in [7, 11) is 0. The number of aliphatic imine (C=N–C) groups is 1. The van der Waals surface area contributed by atoms with Gasteiger partial charge in [0.2, 0.25) is 11.8 Å². The number of nitrogens with two attached hydrogens (primary N) is 1. The zero-order valence-corrected chi connectivity index (χ0v) is 15.2. The highest BCUT2D eigenvalue weighted by atomic mass is 16.5. The third-order valence-electron chi connectivity index (χ3n) is 4.15. The van der Waals surface area contributed by atoms with Crippen LogP contribution in [-0.2, 0) is 11.3 Å². The van der Waals surface area contributed by atoms with E-state index in [-0.39, 0.29) is 5.91 Å². The summed E-state index contributed by atoms with van der Waals surface area (Å²) in [5.41, 5.74) is 6.41. The zero-order chi connectivity index (χ0) is 18.1. The summed E-state index contributed by atoms with van der Waals surface area (Å²) in [5.74, 6) is 1.58. The minimum absolute atomic E-state index is 0.228. The fraction of sp³-hybridized carbons (Fsp3) is 0.611. The lowest BCUT2D eigenvalue weighted by Crippen LogP contribution is -2.47. The molecule has 0 aliphatic carbocycles. The fourth-order valence-electron chi connectivity index (χ4n) is 3.08. The van der Waals surface area contributed by atoms with Crippen LogP contribution in [0.1, 0.15) is 38.7 Å². The number of hydrogen-bond acceptors (Lipinski definition) is 4. The van der Waals surface area contributed by atoms with Crippen LogP contribution in [0.4, 0.5) is 0 Å². The van der Waals surface area contributed by atoms with Gasteiger partial charge < -0.3 is 20.7 Å². The van der Waals surface area contributed by atoms with Gasteiger partial charge in [-0.25, -0.2) is 9.98 Å². The average Bonchev–Trinajstić information content (AvgIpc) is 2.59. The molecular weight excluding hydrogens is 318 g/mol. The van der Waals surface area contributed by atoms with Gasteiger partial charge >= 0.3 is 0 Å². The lowest BCUT2D eigenvalue weighted by Gasteiger charge is -2.34. The Bertz CT molecular complexity index is 591. The number of carbonyl (C=O) groups excluding carboxylic acids is 1. The highest BCUT2D eigenvalue weighted by molar-refractivity contribution is 5.80. The van der Waals surface area contributed by atoms with Crippen LogP contribution >= 0.6 is 0 Å². The van der Waals surface area contributed by atoms with Crippen molar-refractivity contribution in [2.24, 2.45) is 16.6 Å². The molecule has 1 aromatic rings. The van der Waals surface area contributed by atoms with Gasteiger partial charge in [-0.1, -0.05) is 0 Å². The second kappa shape index (κ2) is 9.86. The van der Waals surface area contributed by atoms with E-state index in [0.717, 1.165) is 44.0 Å². The van der Waals surface area contributed by atoms with Gasteiger partial charge in [-0.15, -0.1) is 0 Å². The minimum Gasteiger partial charge on any atom is -0.478 e. The second-order valence-corrected chi connectivity index (χ2v) is 6.23. The molecule has 1 aliphatic rings. The number of aromatic nitrogens is 1. The van der Waals surface area contributed by atoms with E-state index >= 15 is 0 Å². The molecule has 2 rings (SSSR count). The number of likely N-dealkylation sites (tertiary alicyclic amines) is 1. The molecule has 25 heavy (non-hydrogen) atoms. The third kappa shape index (κ3) is 6.25. The molecular formula is C18H29N5O2. The van der Waals surface area contributed by atoms with Crippen molar-refractivity contribution in [1.29, 1.82) is 0 Å². The van der Waals surface area contributed by atoms with E-state index < -0.39 is 0 Å². The molecule has 3 N–H and O–H groups in total. The Morgan fingerprint density at radius 1 is 1.52 bits per heavy atom. The van der Waals surface area contributed by atoms with Gasteiger partial charge in [0.05, 0.1) is 13.2 Å². The van der Waals surface area contributed by atoms with E-state index in [9.17, 15) is 4.79 Å². The molecule has 0 radical (unpaired) electrons. The van der Waals surface area contributed by atoms with Crippen LogP contribution in [0.3, 0.4) is 0 Å². The molecule has 0 aromatic carbocycles.